The molecule has 1 aromatic rings. The summed E-state index contributed by atoms with van der Waals surface area (Å²) < 4.78 is 24.4. The first kappa shape index (κ1) is 23.5. The van der Waals surface area contributed by atoms with E-state index in [2.05, 4.69) is 75.1 Å². The molecule has 1 heterocycles. The molecule has 0 unspecified atom stereocenters. The average Bonchev–Trinajstić information content (AvgIpc) is 2.90. The lowest BCUT2D eigenvalue weighted by Crippen LogP contribution is -2.44. The van der Waals surface area contributed by atoms with Gasteiger partial charge >= 0.3 is 0 Å². The molecule has 8 heteroatoms. The zero-order valence-electron chi connectivity index (χ0n) is 17.4. The SMILES string of the molecule is CC(C)(C)[S@+]([O-])N=Cc1nc(Br)c2c(c1Br)C[C@H](O[Si](C)(C)C(C)(C)C)C2. The number of nitrogens with zero attached hydrogens (tertiary/aromatic N) is 2. The summed E-state index contributed by atoms with van der Waals surface area (Å²) in [6.45, 7) is 17.1. The lowest BCUT2D eigenvalue weighted by Gasteiger charge is -2.38. The zero-order chi connectivity index (χ0) is 20.8. The minimum absolute atomic E-state index is 0.172. The normalized spacial score (nSPS) is 19.6. The third kappa shape index (κ3) is 5.45. The molecule has 1 aliphatic carbocycles. The summed E-state index contributed by atoms with van der Waals surface area (Å²) in [6, 6.07) is 0. The van der Waals surface area contributed by atoms with Gasteiger partial charge in [0.15, 0.2) is 8.32 Å². The molecule has 0 fully saturated rings. The van der Waals surface area contributed by atoms with Gasteiger partial charge in [0.1, 0.15) is 32.6 Å². The highest BCUT2D eigenvalue weighted by Gasteiger charge is 2.41. The second kappa shape index (κ2) is 8.18. The fourth-order valence-electron chi connectivity index (χ4n) is 2.60. The summed E-state index contributed by atoms with van der Waals surface area (Å²) in [6.07, 6.45) is 3.50. The highest BCUT2D eigenvalue weighted by molar-refractivity contribution is 9.11. The van der Waals surface area contributed by atoms with Gasteiger partial charge in [-0.25, -0.2) is 4.98 Å². The van der Waals surface area contributed by atoms with Crippen LogP contribution in [0.2, 0.25) is 18.1 Å². The Bertz CT molecular complexity index is 743. The summed E-state index contributed by atoms with van der Waals surface area (Å²) >= 11 is 6.00. The van der Waals surface area contributed by atoms with Gasteiger partial charge in [-0.2, -0.15) is 0 Å². The second-order valence-electron chi connectivity index (χ2n) is 9.56. The first-order valence-corrected chi connectivity index (χ1v) is 14.7. The smallest absolute Gasteiger partial charge is 0.192 e. The van der Waals surface area contributed by atoms with Crippen molar-refractivity contribution < 1.29 is 8.98 Å². The van der Waals surface area contributed by atoms with E-state index >= 15 is 0 Å². The molecule has 0 saturated heterocycles. The van der Waals surface area contributed by atoms with Gasteiger partial charge < -0.3 is 8.98 Å². The number of halogens is 2. The van der Waals surface area contributed by atoms with Crippen LogP contribution in [0, 0.1) is 0 Å². The molecular formula is C19H30Br2N2O2SSi. The third-order valence-corrected chi connectivity index (χ3v) is 12.7. The van der Waals surface area contributed by atoms with Crippen molar-refractivity contribution in [2.75, 3.05) is 0 Å². The van der Waals surface area contributed by atoms with Gasteiger partial charge in [-0.3, -0.25) is 0 Å². The first-order chi connectivity index (χ1) is 12.1. The number of fused-ring (bicyclic) bond motifs is 1. The van der Waals surface area contributed by atoms with Crippen LogP contribution in [0.5, 0.6) is 0 Å². The Morgan fingerprint density at radius 1 is 1.15 bits per heavy atom. The number of rotatable bonds is 4. The molecule has 0 amide bonds. The first-order valence-electron chi connectivity index (χ1n) is 9.14. The van der Waals surface area contributed by atoms with Crippen LogP contribution >= 0.6 is 31.9 Å². The van der Waals surface area contributed by atoms with Crippen LogP contribution < -0.4 is 0 Å². The molecule has 2 atom stereocenters. The van der Waals surface area contributed by atoms with Crippen LogP contribution in [0.15, 0.2) is 13.5 Å². The van der Waals surface area contributed by atoms with E-state index in [0.29, 0.717) is 5.69 Å². The van der Waals surface area contributed by atoms with Crippen LogP contribution in [-0.2, 0) is 28.6 Å². The van der Waals surface area contributed by atoms with E-state index in [1.165, 1.54) is 11.1 Å². The van der Waals surface area contributed by atoms with Crippen LogP contribution in [0.25, 0.3) is 0 Å². The molecule has 0 saturated carbocycles. The second-order valence-corrected chi connectivity index (χ2v) is 17.8. The van der Waals surface area contributed by atoms with Crippen molar-refractivity contribution in [1.29, 1.82) is 0 Å². The molecule has 1 aromatic heterocycles. The maximum absolute atomic E-state index is 12.2. The summed E-state index contributed by atoms with van der Waals surface area (Å²) in [7, 11) is -1.83. The Morgan fingerprint density at radius 2 is 1.70 bits per heavy atom. The van der Waals surface area contributed by atoms with Gasteiger partial charge in [0.05, 0.1) is 6.10 Å². The molecular weight excluding hydrogens is 508 g/mol. The molecule has 152 valence electrons. The number of hydrogen-bond acceptors (Lipinski definition) is 4. The standard InChI is InChI=1S/C19H30Br2N2O2SSi/c1-18(2,3)26(24)22-11-15-16(20)13-9-12(10-14(13)17(21)23-15)25-27(7,8)19(4,5)6/h11-12H,9-10H2,1-8H3/t12-,26-/m0/s1. The van der Waals surface area contributed by atoms with E-state index in [0.717, 1.165) is 21.9 Å². The van der Waals surface area contributed by atoms with Crippen LogP contribution in [-0.4, -0.2) is 34.9 Å². The fraction of sp³-hybridized carbons (Fsp3) is 0.684. The van der Waals surface area contributed by atoms with Gasteiger partial charge in [0, 0.05) is 10.9 Å². The van der Waals surface area contributed by atoms with Gasteiger partial charge in [0.25, 0.3) is 0 Å². The highest BCUT2D eigenvalue weighted by Crippen LogP contribution is 2.41. The minimum Gasteiger partial charge on any atom is -0.591 e. The fourth-order valence-corrected chi connectivity index (χ4v) is 5.65. The molecule has 0 radical (unpaired) electrons. The van der Waals surface area contributed by atoms with E-state index < -0.39 is 19.7 Å². The van der Waals surface area contributed by atoms with Gasteiger partial charge in [-0.05, 0) is 88.3 Å². The molecule has 0 aliphatic heterocycles. The Morgan fingerprint density at radius 3 is 2.22 bits per heavy atom. The van der Waals surface area contributed by atoms with Crippen LogP contribution in [0.1, 0.15) is 58.4 Å². The Kier molecular flexibility index (Phi) is 7.14. The Balaban J connectivity index is 2.26. The van der Waals surface area contributed by atoms with E-state index in [1.807, 2.05) is 20.8 Å². The van der Waals surface area contributed by atoms with E-state index in [9.17, 15) is 4.55 Å². The lowest BCUT2D eigenvalue weighted by atomic mass is 10.1. The zero-order valence-corrected chi connectivity index (χ0v) is 22.4. The van der Waals surface area contributed by atoms with Crippen molar-refractivity contribution in [2.24, 2.45) is 4.40 Å². The van der Waals surface area contributed by atoms with Crippen molar-refractivity contribution in [3.05, 3.63) is 25.9 Å². The average molecular weight is 538 g/mol. The van der Waals surface area contributed by atoms with E-state index in [-0.39, 0.29) is 15.9 Å². The van der Waals surface area contributed by atoms with E-state index in [1.54, 1.807) is 6.21 Å². The minimum atomic E-state index is -1.83. The van der Waals surface area contributed by atoms with Crippen molar-refractivity contribution in [1.82, 2.24) is 4.98 Å². The van der Waals surface area contributed by atoms with Crippen LogP contribution in [0.3, 0.4) is 0 Å². The molecule has 4 nitrogen and oxygen atoms in total. The number of pyridine rings is 1. The summed E-state index contributed by atoms with van der Waals surface area (Å²) in [5.41, 5.74) is 3.11. The molecule has 0 bridgehead atoms. The monoisotopic (exact) mass is 536 g/mol. The largest absolute Gasteiger partial charge is 0.591 e. The lowest BCUT2D eigenvalue weighted by molar-refractivity contribution is 0.191. The third-order valence-electron chi connectivity index (χ3n) is 5.25. The molecule has 0 aromatic carbocycles. The predicted molar refractivity (Wildman–Crippen MR) is 125 cm³/mol. The molecule has 0 N–H and O–H groups in total. The van der Waals surface area contributed by atoms with Crippen molar-refractivity contribution in [3.8, 4) is 0 Å². The Hall–Kier alpha value is 0.267. The summed E-state index contributed by atoms with van der Waals surface area (Å²) in [5.74, 6) is 0. The van der Waals surface area contributed by atoms with Crippen molar-refractivity contribution in [2.45, 2.75) is 83.4 Å². The van der Waals surface area contributed by atoms with Crippen LogP contribution in [0.4, 0.5) is 0 Å². The molecule has 2 rings (SSSR count). The number of aromatic nitrogens is 1. The highest BCUT2D eigenvalue weighted by atomic mass is 79.9. The quantitative estimate of drug-likeness (QED) is 0.205. The number of hydrogen-bond donors (Lipinski definition) is 0. The van der Waals surface area contributed by atoms with Crippen molar-refractivity contribution >= 4 is 57.8 Å². The molecule has 27 heavy (non-hydrogen) atoms. The topological polar surface area (TPSA) is 57.5 Å². The Labute approximate surface area is 184 Å². The molecule has 0 spiro atoms. The summed E-state index contributed by atoms with van der Waals surface area (Å²) in [5, 5.41) is 0.184. The van der Waals surface area contributed by atoms with Gasteiger partial charge in [-0.1, -0.05) is 25.2 Å². The molecule has 1 aliphatic rings. The summed E-state index contributed by atoms with van der Waals surface area (Å²) in [4.78, 5) is 4.62. The maximum Gasteiger partial charge on any atom is 0.192 e. The maximum atomic E-state index is 12.2. The van der Waals surface area contributed by atoms with Gasteiger partial charge in [-0.15, -0.1) is 0 Å². The predicted octanol–water partition coefficient (Wildman–Crippen LogP) is 5.98. The van der Waals surface area contributed by atoms with E-state index in [4.69, 9.17) is 4.43 Å². The van der Waals surface area contributed by atoms with Gasteiger partial charge in [0.2, 0.25) is 0 Å². The van der Waals surface area contributed by atoms with Crippen molar-refractivity contribution in [3.63, 3.8) is 0 Å².